The molecular weight excluding hydrogens is 276 g/mol. The number of ketones is 1. The molecule has 1 aromatic rings. The monoisotopic (exact) mass is 287 g/mol. The molecule has 0 aliphatic carbocycles. The molecule has 1 aliphatic rings. The number of aliphatic imine (C=N–C) groups is 1. The third-order valence-electron chi connectivity index (χ3n) is 2.89. The molecule has 0 bridgehead atoms. The zero-order chi connectivity index (χ0) is 14.2. The van der Waals surface area contributed by atoms with Gasteiger partial charge >= 0.3 is 0 Å². The maximum Gasteiger partial charge on any atom is 0.282 e. The summed E-state index contributed by atoms with van der Waals surface area (Å²) in [5, 5.41) is 4.03. The topological polar surface area (TPSA) is 47.2 Å². The number of aromatic nitrogens is 2. The Labute approximate surface area is 113 Å². The van der Waals surface area contributed by atoms with Crippen molar-refractivity contribution in [3.8, 4) is 0 Å². The Hall–Kier alpha value is -1.56. The average Bonchev–Trinajstić information content (AvgIpc) is 2.71. The third-order valence-corrected chi connectivity index (χ3v) is 3.13. The van der Waals surface area contributed by atoms with Gasteiger partial charge in [-0.25, -0.2) is 18.5 Å². The minimum absolute atomic E-state index is 0.104. The molecular formula is C12H12ClF2N3O. The lowest BCUT2D eigenvalue weighted by Gasteiger charge is -2.19. The van der Waals surface area contributed by atoms with E-state index in [0.29, 0.717) is 18.0 Å². The number of rotatable bonds is 2. The average molecular weight is 288 g/mol. The number of Topliss-reactive ketones (excluding diaryl/α,β-unsaturated/α-hetero) is 1. The van der Waals surface area contributed by atoms with E-state index in [-0.39, 0.29) is 16.6 Å². The number of hydrogen-bond donors (Lipinski definition) is 0. The molecule has 0 spiro atoms. The first kappa shape index (κ1) is 13.9. The van der Waals surface area contributed by atoms with E-state index < -0.39 is 12.3 Å². The van der Waals surface area contributed by atoms with Crippen molar-refractivity contribution in [1.82, 2.24) is 9.78 Å². The van der Waals surface area contributed by atoms with Crippen molar-refractivity contribution in [3.05, 3.63) is 28.7 Å². The minimum Gasteiger partial charge on any atom is -0.299 e. The lowest BCUT2D eigenvalue weighted by Crippen LogP contribution is -2.31. The number of carbonyl (C=O) groups excluding carboxylic acids is 1. The van der Waals surface area contributed by atoms with Gasteiger partial charge in [0.2, 0.25) is 0 Å². The van der Waals surface area contributed by atoms with E-state index in [1.165, 1.54) is 17.7 Å². The number of nitrogens with zero attached hydrogens (tertiary/aromatic N) is 3. The summed E-state index contributed by atoms with van der Waals surface area (Å²) in [4.78, 5) is 15.7. The van der Waals surface area contributed by atoms with E-state index in [4.69, 9.17) is 11.6 Å². The van der Waals surface area contributed by atoms with Gasteiger partial charge in [-0.15, -0.1) is 0 Å². The molecule has 0 N–H and O–H groups in total. The van der Waals surface area contributed by atoms with E-state index in [2.05, 4.69) is 10.1 Å². The van der Waals surface area contributed by atoms with Gasteiger partial charge in [0.05, 0.1) is 5.92 Å². The first-order chi connectivity index (χ1) is 8.90. The zero-order valence-corrected chi connectivity index (χ0v) is 11.2. The van der Waals surface area contributed by atoms with E-state index in [0.717, 1.165) is 0 Å². The first-order valence-corrected chi connectivity index (χ1v) is 6.07. The molecule has 0 saturated heterocycles. The van der Waals surface area contributed by atoms with Crippen molar-refractivity contribution < 1.29 is 13.6 Å². The van der Waals surface area contributed by atoms with E-state index >= 15 is 0 Å². The Balaban J connectivity index is 2.48. The summed E-state index contributed by atoms with van der Waals surface area (Å²) in [5.74, 6) is -0.316. The highest BCUT2D eigenvalue weighted by Gasteiger charge is 2.27. The van der Waals surface area contributed by atoms with Crippen molar-refractivity contribution in [2.45, 2.75) is 26.7 Å². The second-order valence-electron chi connectivity index (χ2n) is 4.32. The number of hydrogen-bond acceptors (Lipinski definition) is 3. The van der Waals surface area contributed by atoms with Gasteiger partial charge in [0.15, 0.2) is 0 Å². The van der Waals surface area contributed by atoms with Crippen LogP contribution in [0.5, 0.6) is 0 Å². The largest absolute Gasteiger partial charge is 0.299 e. The van der Waals surface area contributed by atoms with Crippen LogP contribution in [0, 0.1) is 12.8 Å². The molecule has 1 aliphatic heterocycles. The van der Waals surface area contributed by atoms with Gasteiger partial charge in [-0.3, -0.25) is 4.79 Å². The fourth-order valence-electron chi connectivity index (χ4n) is 1.93. The SMILES string of the molecule is CC(=O)C1CC=C(Cl)N=C1n1nc(C(F)F)cc1C. The van der Waals surface area contributed by atoms with Gasteiger partial charge in [-0.05, 0) is 32.4 Å². The number of aryl methyl sites for hydroxylation is 1. The van der Waals surface area contributed by atoms with Crippen molar-refractivity contribution in [1.29, 1.82) is 0 Å². The Morgan fingerprint density at radius 3 is 2.79 bits per heavy atom. The van der Waals surface area contributed by atoms with Gasteiger partial charge < -0.3 is 0 Å². The van der Waals surface area contributed by atoms with Crippen LogP contribution < -0.4 is 0 Å². The van der Waals surface area contributed by atoms with Crippen LogP contribution in [0.2, 0.25) is 0 Å². The Morgan fingerprint density at radius 2 is 2.26 bits per heavy atom. The van der Waals surface area contributed by atoms with Crippen molar-refractivity contribution >= 4 is 23.2 Å². The number of halogens is 3. The summed E-state index contributed by atoms with van der Waals surface area (Å²) in [6, 6.07) is 1.27. The van der Waals surface area contributed by atoms with Gasteiger partial charge in [-0.1, -0.05) is 11.6 Å². The number of allylic oxidation sites excluding steroid dienone is 1. The van der Waals surface area contributed by atoms with Gasteiger partial charge in [-0.2, -0.15) is 5.10 Å². The van der Waals surface area contributed by atoms with Crippen LogP contribution >= 0.6 is 11.6 Å². The maximum atomic E-state index is 12.6. The summed E-state index contributed by atoms with van der Waals surface area (Å²) >= 11 is 5.83. The minimum atomic E-state index is -2.66. The van der Waals surface area contributed by atoms with Crippen LogP contribution in [-0.2, 0) is 4.79 Å². The molecule has 19 heavy (non-hydrogen) atoms. The molecule has 102 valence electrons. The standard InChI is InChI=1S/C12H12ClF2N3O/c1-6-5-9(11(14)15)17-18(6)12-8(7(2)19)3-4-10(13)16-12/h4-5,8,11H,3H2,1-2H3. The summed E-state index contributed by atoms with van der Waals surface area (Å²) in [6.07, 6.45) is -0.633. The lowest BCUT2D eigenvalue weighted by atomic mass is 9.98. The van der Waals surface area contributed by atoms with Gasteiger partial charge in [0.1, 0.15) is 22.5 Å². The zero-order valence-electron chi connectivity index (χ0n) is 10.4. The molecule has 0 aromatic carbocycles. The van der Waals surface area contributed by atoms with Crippen LogP contribution in [0.3, 0.4) is 0 Å². The summed E-state index contributed by atoms with van der Waals surface area (Å²) in [5.41, 5.74) is 0.153. The van der Waals surface area contributed by atoms with Gasteiger partial charge in [0.25, 0.3) is 6.43 Å². The predicted octanol–water partition coefficient (Wildman–Crippen LogP) is 3.06. The molecule has 0 radical (unpaired) electrons. The number of alkyl halides is 2. The maximum absolute atomic E-state index is 12.6. The van der Waals surface area contributed by atoms with Crippen molar-refractivity contribution in [2.75, 3.05) is 0 Å². The second kappa shape index (κ2) is 5.21. The Kier molecular flexibility index (Phi) is 3.80. The molecule has 4 nitrogen and oxygen atoms in total. The quantitative estimate of drug-likeness (QED) is 0.785. The molecule has 1 unspecified atom stereocenters. The highest BCUT2D eigenvalue weighted by Crippen LogP contribution is 2.24. The second-order valence-corrected chi connectivity index (χ2v) is 4.71. The summed E-state index contributed by atoms with van der Waals surface area (Å²) in [6.45, 7) is 3.06. The number of carbonyl (C=O) groups is 1. The first-order valence-electron chi connectivity index (χ1n) is 5.70. The molecule has 0 saturated carbocycles. The Bertz CT molecular complexity index is 578. The van der Waals surface area contributed by atoms with Crippen LogP contribution in [-0.4, -0.2) is 21.4 Å². The van der Waals surface area contributed by atoms with Gasteiger partial charge in [0, 0.05) is 5.69 Å². The molecule has 1 atom stereocenters. The van der Waals surface area contributed by atoms with Crippen LogP contribution in [0.15, 0.2) is 22.3 Å². The van der Waals surface area contributed by atoms with E-state index in [1.54, 1.807) is 13.0 Å². The van der Waals surface area contributed by atoms with Crippen LogP contribution in [0.25, 0.3) is 0 Å². The smallest absolute Gasteiger partial charge is 0.282 e. The Morgan fingerprint density at radius 1 is 1.58 bits per heavy atom. The normalized spacial score (nSPS) is 19.4. The molecule has 7 heteroatoms. The third kappa shape index (κ3) is 2.73. The molecule has 0 amide bonds. The highest BCUT2D eigenvalue weighted by molar-refractivity contribution is 6.30. The molecule has 2 rings (SSSR count). The predicted molar refractivity (Wildman–Crippen MR) is 67.5 cm³/mol. The van der Waals surface area contributed by atoms with E-state index in [9.17, 15) is 13.6 Å². The van der Waals surface area contributed by atoms with Crippen molar-refractivity contribution in [2.24, 2.45) is 10.9 Å². The van der Waals surface area contributed by atoms with Crippen molar-refractivity contribution in [3.63, 3.8) is 0 Å². The van der Waals surface area contributed by atoms with E-state index in [1.807, 2.05) is 0 Å². The van der Waals surface area contributed by atoms with Crippen LogP contribution in [0.4, 0.5) is 8.78 Å². The van der Waals surface area contributed by atoms with Crippen LogP contribution in [0.1, 0.15) is 31.2 Å². The molecule has 1 aromatic heterocycles. The fraction of sp³-hybridized carbons (Fsp3) is 0.417. The molecule has 0 fully saturated rings. The fourth-order valence-corrected chi connectivity index (χ4v) is 2.11. The molecule has 2 heterocycles. The lowest BCUT2D eigenvalue weighted by molar-refractivity contribution is -0.118. The summed E-state index contributed by atoms with van der Waals surface area (Å²) in [7, 11) is 0. The highest BCUT2D eigenvalue weighted by atomic mass is 35.5. The summed E-state index contributed by atoms with van der Waals surface area (Å²) < 4.78 is 26.5.